The summed E-state index contributed by atoms with van der Waals surface area (Å²) in [4.78, 5) is 32.8. The molecule has 0 spiro atoms. The van der Waals surface area contributed by atoms with Crippen molar-refractivity contribution in [1.82, 2.24) is 14.9 Å². The number of amides is 1. The Labute approximate surface area is 128 Å². The molecule has 2 rings (SSSR count). The number of likely N-dealkylation sites (N-methyl/N-ethyl adjacent to an activating group) is 1. The molecule has 0 atom stereocenters. The second-order valence-corrected chi connectivity index (χ2v) is 4.94. The molecule has 1 aromatic carbocycles. The number of benzene rings is 1. The first kappa shape index (κ1) is 15.6. The van der Waals surface area contributed by atoms with Crippen molar-refractivity contribution in [3.05, 3.63) is 59.7 Å². The van der Waals surface area contributed by atoms with Gasteiger partial charge in [0.25, 0.3) is 0 Å². The van der Waals surface area contributed by atoms with Gasteiger partial charge in [0.05, 0.1) is 17.7 Å². The van der Waals surface area contributed by atoms with E-state index in [9.17, 15) is 9.59 Å². The van der Waals surface area contributed by atoms with Gasteiger partial charge in [0.15, 0.2) is 0 Å². The van der Waals surface area contributed by atoms with Gasteiger partial charge in [-0.05, 0) is 17.7 Å². The Kier molecular flexibility index (Phi) is 5.19. The highest BCUT2D eigenvalue weighted by Gasteiger charge is 2.11. The van der Waals surface area contributed by atoms with E-state index in [0.29, 0.717) is 18.5 Å². The zero-order valence-corrected chi connectivity index (χ0v) is 12.3. The summed E-state index contributed by atoms with van der Waals surface area (Å²) in [6, 6.07) is 6.43. The summed E-state index contributed by atoms with van der Waals surface area (Å²) in [5.41, 5.74) is 1.71. The van der Waals surface area contributed by atoms with Crippen LogP contribution in [0, 0.1) is 0 Å². The monoisotopic (exact) mass is 299 g/mol. The zero-order valence-electron chi connectivity index (χ0n) is 12.3. The van der Waals surface area contributed by atoms with Gasteiger partial charge in [0.2, 0.25) is 5.91 Å². The Morgan fingerprint density at radius 3 is 2.77 bits per heavy atom. The van der Waals surface area contributed by atoms with Crippen molar-refractivity contribution in [2.24, 2.45) is 0 Å². The molecule has 0 aliphatic rings. The van der Waals surface area contributed by atoms with E-state index in [1.165, 1.54) is 12.1 Å². The van der Waals surface area contributed by atoms with Crippen LogP contribution in [-0.2, 0) is 17.6 Å². The molecule has 0 radical (unpaired) electrons. The third-order valence-electron chi connectivity index (χ3n) is 3.28. The molecule has 0 saturated carbocycles. The fraction of sp³-hybridized carbons (Fsp3) is 0.250. The van der Waals surface area contributed by atoms with Gasteiger partial charge in [-0.25, -0.2) is 4.79 Å². The Hall–Kier alpha value is -2.76. The van der Waals surface area contributed by atoms with E-state index in [4.69, 9.17) is 5.11 Å². The first-order valence-corrected chi connectivity index (χ1v) is 6.87. The van der Waals surface area contributed by atoms with Gasteiger partial charge in [-0.3, -0.25) is 14.8 Å². The summed E-state index contributed by atoms with van der Waals surface area (Å²) in [5.74, 6) is -1.06. The second-order valence-electron chi connectivity index (χ2n) is 4.94. The average molecular weight is 299 g/mol. The molecule has 1 amide bonds. The third-order valence-corrected chi connectivity index (χ3v) is 3.28. The number of nitrogens with zero attached hydrogens (tertiary/aromatic N) is 3. The number of hydrogen-bond acceptors (Lipinski definition) is 4. The number of aromatic carboxylic acids is 1. The van der Waals surface area contributed by atoms with E-state index in [1.807, 2.05) is 0 Å². The molecule has 0 saturated heterocycles. The molecule has 0 unspecified atom stereocenters. The van der Waals surface area contributed by atoms with E-state index in [-0.39, 0.29) is 17.9 Å². The van der Waals surface area contributed by atoms with E-state index >= 15 is 0 Å². The molecule has 1 heterocycles. The lowest BCUT2D eigenvalue weighted by Gasteiger charge is -2.17. The Morgan fingerprint density at radius 2 is 2.09 bits per heavy atom. The van der Waals surface area contributed by atoms with Gasteiger partial charge < -0.3 is 10.0 Å². The van der Waals surface area contributed by atoms with Crippen LogP contribution in [0.5, 0.6) is 0 Å². The van der Waals surface area contributed by atoms with Gasteiger partial charge in [-0.15, -0.1) is 0 Å². The standard InChI is InChI=1S/C16H17N3O3/c1-19(8-5-14-11-17-6-7-18-14)15(20)10-12-3-2-4-13(9-12)16(21)22/h2-4,6-7,9,11H,5,8,10H2,1H3,(H,21,22). The first-order valence-electron chi connectivity index (χ1n) is 6.87. The van der Waals surface area contributed by atoms with Crippen LogP contribution in [-0.4, -0.2) is 45.4 Å². The summed E-state index contributed by atoms with van der Waals surface area (Å²) in [6.45, 7) is 0.538. The molecule has 0 bridgehead atoms. The molecular weight excluding hydrogens is 282 g/mol. The quantitative estimate of drug-likeness (QED) is 0.872. The van der Waals surface area contributed by atoms with Gasteiger partial charge in [-0.1, -0.05) is 12.1 Å². The lowest BCUT2D eigenvalue weighted by molar-refractivity contribution is -0.129. The van der Waals surface area contributed by atoms with Gasteiger partial charge in [0, 0.05) is 38.6 Å². The molecule has 1 aromatic heterocycles. The first-order chi connectivity index (χ1) is 10.6. The fourth-order valence-electron chi connectivity index (χ4n) is 1.99. The van der Waals surface area contributed by atoms with Crippen molar-refractivity contribution in [3.8, 4) is 0 Å². The summed E-state index contributed by atoms with van der Waals surface area (Å²) in [6.07, 6.45) is 5.71. The maximum Gasteiger partial charge on any atom is 0.335 e. The number of carboxylic acid groups (broad SMARTS) is 1. The maximum absolute atomic E-state index is 12.2. The highest BCUT2D eigenvalue weighted by Crippen LogP contribution is 2.08. The van der Waals surface area contributed by atoms with E-state index < -0.39 is 5.97 Å². The van der Waals surface area contributed by atoms with Crippen LogP contribution in [0.25, 0.3) is 0 Å². The smallest absolute Gasteiger partial charge is 0.335 e. The molecule has 0 fully saturated rings. The molecule has 1 N–H and O–H groups in total. The fourth-order valence-corrected chi connectivity index (χ4v) is 1.99. The minimum atomic E-state index is -0.995. The Morgan fingerprint density at radius 1 is 1.27 bits per heavy atom. The van der Waals surface area contributed by atoms with Crippen molar-refractivity contribution in [2.75, 3.05) is 13.6 Å². The molecule has 114 valence electrons. The number of aromatic nitrogens is 2. The zero-order chi connectivity index (χ0) is 15.9. The van der Waals surface area contributed by atoms with Crippen LogP contribution in [0.15, 0.2) is 42.9 Å². The van der Waals surface area contributed by atoms with Crippen molar-refractivity contribution >= 4 is 11.9 Å². The van der Waals surface area contributed by atoms with Gasteiger partial charge in [-0.2, -0.15) is 0 Å². The number of hydrogen-bond donors (Lipinski definition) is 1. The van der Waals surface area contributed by atoms with Crippen LogP contribution in [0.2, 0.25) is 0 Å². The van der Waals surface area contributed by atoms with Crippen LogP contribution < -0.4 is 0 Å². The van der Waals surface area contributed by atoms with E-state index in [1.54, 1.807) is 42.7 Å². The minimum Gasteiger partial charge on any atom is -0.478 e. The number of carbonyl (C=O) groups is 2. The molecular formula is C16H17N3O3. The molecule has 22 heavy (non-hydrogen) atoms. The van der Waals surface area contributed by atoms with Crippen molar-refractivity contribution in [2.45, 2.75) is 12.8 Å². The van der Waals surface area contributed by atoms with Gasteiger partial charge in [0.1, 0.15) is 0 Å². The van der Waals surface area contributed by atoms with Crippen molar-refractivity contribution in [3.63, 3.8) is 0 Å². The Bertz CT molecular complexity index is 659. The van der Waals surface area contributed by atoms with Crippen LogP contribution in [0.3, 0.4) is 0 Å². The molecule has 6 nitrogen and oxygen atoms in total. The number of carbonyl (C=O) groups excluding carboxylic acids is 1. The molecule has 0 aliphatic heterocycles. The molecule has 6 heteroatoms. The molecule has 2 aromatic rings. The highest BCUT2D eigenvalue weighted by molar-refractivity contribution is 5.88. The van der Waals surface area contributed by atoms with Crippen molar-refractivity contribution in [1.29, 1.82) is 0 Å². The third kappa shape index (κ3) is 4.37. The SMILES string of the molecule is CN(CCc1cnccn1)C(=O)Cc1cccc(C(=O)O)c1. The van der Waals surface area contributed by atoms with Crippen LogP contribution in [0.1, 0.15) is 21.6 Å². The lowest BCUT2D eigenvalue weighted by atomic mass is 10.1. The number of rotatable bonds is 6. The molecule has 0 aliphatic carbocycles. The predicted molar refractivity (Wildman–Crippen MR) is 80.5 cm³/mol. The highest BCUT2D eigenvalue weighted by atomic mass is 16.4. The minimum absolute atomic E-state index is 0.0635. The normalized spacial score (nSPS) is 10.2. The maximum atomic E-state index is 12.2. The largest absolute Gasteiger partial charge is 0.478 e. The van der Waals surface area contributed by atoms with E-state index in [2.05, 4.69) is 9.97 Å². The number of carboxylic acids is 1. The lowest BCUT2D eigenvalue weighted by Crippen LogP contribution is -2.30. The summed E-state index contributed by atoms with van der Waals surface area (Å²) in [5, 5.41) is 8.95. The van der Waals surface area contributed by atoms with Gasteiger partial charge >= 0.3 is 5.97 Å². The van der Waals surface area contributed by atoms with Crippen LogP contribution in [0.4, 0.5) is 0 Å². The Balaban J connectivity index is 1.91. The summed E-state index contributed by atoms with van der Waals surface area (Å²) < 4.78 is 0. The predicted octanol–water partition coefficient (Wildman–Crippen LogP) is 1.42. The summed E-state index contributed by atoms with van der Waals surface area (Å²) in [7, 11) is 1.72. The average Bonchev–Trinajstić information content (AvgIpc) is 2.53. The second kappa shape index (κ2) is 7.31. The summed E-state index contributed by atoms with van der Waals surface area (Å²) >= 11 is 0. The van der Waals surface area contributed by atoms with Crippen molar-refractivity contribution < 1.29 is 14.7 Å². The topological polar surface area (TPSA) is 83.4 Å². The van der Waals surface area contributed by atoms with E-state index in [0.717, 1.165) is 5.69 Å². The van der Waals surface area contributed by atoms with Crippen LogP contribution >= 0.6 is 0 Å².